The molecule has 0 spiro atoms. The minimum Gasteiger partial charge on any atom is -0.388 e. The number of nitrogens with one attached hydrogen (secondary N) is 2. The third-order valence-electron chi connectivity index (χ3n) is 4.10. The number of hydrogen-bond acceptors (Lipinski definition) is 5. The van der Waals surface area contributed by atoms with E-state index >= 15 is 0 Å². The summed E-state index contributed by atoms with van der Waals surface area (Å²) in [5.41, 5.74) is 6.11. The van der Waals surface area contributed by atoms with Gasteiger partial charge in [0, 0.05) is 47.9 Å². The Hall–Kier alpha value is -3.15. The molecule has 2 aromatic heterocycles. The first kappa shape index (κ1) is 16.7. The highest BCUT2D eigenvalue weighted by Crippen LogP contribution is 2.28. The molecule has 0 fully saturated rings. The van der Waals surface area contributed by atoms with Crippen LogP contribution in [0.4, 0.5) is 5.69 Å². The molecular formula is C19H20N4O2. The van der Waals surface area contributed by atoms with Crippen molar-refractivity contribution < 1.29 is 9.32 Å². The summed E-state index contributed by atoms with van der Waals surface area (Å²) in [6.07, 6.45) is 4.92. The average molecular weight is 336 g/mol. The van der Waals surface area contributed by atoms with E-state index in [1.807, 2.05) is 51.4 Å². The van der Waals surface area contributed by atoms with Gasteiger partial charge in [-0.15, -0.1) is 0 Å². The summed E-state index contributed by atoms with van der Waals surface area (Å²) in [5.74, 6) is -0.142. The van der Waals surface area contributed by atoms with Crippen LogP contribution >= 0.6 is 0 Å². The van der Waals surface area contributed by atoms with Gasteiger partial charge in [-0.05, 0) is 43.2 Å². The monoisotopic (exact) mass is 336 g/mol. The van der Waals surface area contributed by atoms with Crippen LogP contribution in [-0.2, 0) is 6.54 Å². The zero-order chi connectivity index (χ0) is 17.8. The second-order valence-electron chi connectivity index (χ2n) is 5.85. The van der Waals surface area contributed by atoms with Crippen LogP contribution < -0.4 is 10.6 Å². The van der Waals surface area contributed by atoms with E-state index in [2.05, 4.69) is 20.8 Å². The lowest BCUT2D eigenvalue weighted by Gasteiger charge is -2.14. The molecule has 1 aromatic carbocycles. The Balaban J connectivity index is 1.92. The zero-order valence-electron chi connectivity index (χ0n) is 14.5. The average Bonchev–Trinajstić information content (AvgIpc) is 3.14. The second-order valence-corrected chi connectivity index (χ2v) is 5.85. The lowest BCUT2D eigenvalue weighted by Crippen LogP contribution is -2.23. The Morgan fingerprint density at radius 1 is 1.16 bits per heavy atom. The first-order valence-electron chi connectivity index (χ1n) is 8.00. The Morgan fingerprint density at radius 3 is 2.64 bits per heavy atom. The molecule has 1 amide bonds. The van der Waals surface area contributed by atoms with Crippen LogP contribution in [0.1, 0.15) is 27.2 Å². The van der Waals surface area contributed by atoms with Crippen molar-refractivity contribution in [1.82, 2.24) is 15.5 Å². The molecule has 2 heterocycles. The molecule has 0 unspecified atom stereocenters. The number of benzene rings is 1. The largest absolute Gasteiger partial charge is 0.388 e. The minimum absolute atomic E-state index is 0.142. The van der Waals surface area contributed by atoms with E-state index in [0.717, 1.165) is 33.6 Å². The molecule has 0 bridgehead atoms. The molecule has 0 radical (unpaired) electrons. The van der Waals surface area contributed by atoms with Crippen LogP contribution in [0.3, 0.4) is 0 Å². The van der Waals surface area contributed by atoms with E-state index in [4.69, 9.17) is 4.52 Å². The van der Waals surface area contributed by atoms with Gasteiger partial charge in [0.1, 0.15) is 6.26 Å². The number of hydrogen-bond donors (Lipinski definition) is 2. The molecule has 0 saturated carbocycles. The summed E-state index contributed by atoms with van der Waals surface area (Å²) in [6, 6.07) is 7.88. The van der Waals surface area contributed by atoms with Gasteiger partial charge in [-0.3, -0.25) is 9.78 Å². The van der Waals surface area contributed by atoms with E-state index in [-0.39, 0.29) is 5.91 Å². The van der Waals surface area contributed by atoms with Gasteiger partial charge in [-0.25, -0.2) is 0 Å². The molecule has 0 saturated heterocycles. The first-order chi connectivity index (χ1) is 12.1. The first-order valence-corrected chi connectivity index (χ1v) is 8.00. The van der Waals surface area contributed by atoms with E-state index in [1.165, 1.54) is 6.26 Å². The van der Waals surface area contributed by atoms with Crippen molar-refractivity contribution in [2.45, 2.75) is 20.4 Å². The third-order valence-corrected chi connectivity index (χ3v) is 4.10. The molecule has 0 atom stereocenters. The number of anilines is 1. The van der Waals surface area contributed by atoms with Crippen molar-refractivity contribution in [3.05, 3.63) is 65.3 Å². The Morgan fingerprint density at radius 2 is 2.00 bits per heavy atom. The van der Waals surface area contributed by atoms with Crippen molar-refractivity contribution in [3.63, 3.8) is 0 Å². The maximum Gasteiger partial charge on any atom is 0.251 e. The minimum atomic E-state index is -0.142. The van der Waals surface area contributed by atoms with Crippen molar-refractivity contribution >= 4 is 11.6 Å². The Kier molecular flexibility index (Phi) is 4.79. The fourth-order valence-corrected chi connectivity index (χ4v) is 2.61. The molecule has 3 aromatic rings. The van der Waals surface area contributed by atoms with Gasteiger partial charge in [0.05, 0.1) is 6.20 Å². The molecule has 3 rings (SSSR count). The molecule has 0 aliphatic heterocycles. The third kappa shape index (κ3) is 3.68. The summed E-state index contributed by atoms with van der Waals surface area (Å²) < 4.78 is 4.78. The highest BCUT2D eigenvalue weighted by Gasteiger charge is 2.14. The van der Waals surface area contributed by atoms with Crippen LogP contribution in [-0.4, -0.2) is 23.1 Å². The molecule has 0 aliphatic rings. The van der Waals surface area contributed by atoms with Crippen molar-refractivity contribution in [2.75, 3.05) is 12.4 Å². The Labute approximate surface area is 146 Å². The fraction of sp³-hybridized carbons (Fsp3) is 0.211. The number of aromatic nitrogens is 2. The van der Waals surface area contributed by atoms with Gasteiger partial charge in [0.2, 0.25) is 0 Å². The van der Waals surface area contributed by atoms with Crippen LogP contribution in [0.2, 0.25) is 0 Å². The Bertz CT molecular complexity index is 871. The molecule has 2 N–H and O–H groups in total. The number of carbonyl (C=O) groups excluding carboxylic acids is 1. The normalized spacial score (nSPS) is 10.5. The molecule has 128 valence electrons. The van der Waals surface area contributed by atoms with Crippen molar-refractivity contribution in [2.24, 2.45) is 0 Å². The molecule has 6 heteroatoms. The van der Waals surface area contributed by atoms with Crippen LogP contribution in [0, 0.1) is 13.8 Å². The number of aryl methyl sites for hydroxylation is 1. The standard InChI is InChI=1S/C19H20N4O2/c1-12-4-5-15(10-21-12)16-6-17(13(2)18(7-16)20-3)19(24)22-8-14-9-23-25-11-14/h4-7,9-11,20H,8H2,1-3H3,(H,22,24). The summed E-state index contributed by atoms with van der Waals surface area (Å²) in [4.78, 5) is 17.0. The number of nitrogens with zero attached hydrogens (tertiary/aromatic N) is 2. The van der Waals surface area contributed by atoms with Gasteiger partial charge >= 0.3 is 0 Å². The van der Waals surface area contributed by atoms with Gasteiger partial charge < -0.3 is 15.2 Å². The predicted molar refractivity (Wildman–Crippen MR) is 96.4 cm³/mol. The summed E-state index contributed by atoms with van der Waals surface area (Å²) in [7, 11) is 1.85. The van der Waals surface area contributed by atoms with E-state index in [1.54, 1.807) is 6.20 Å². The highest BCUT2D eigenvalue weighted by atomic mass is 16.5. The SMILES string of the molecule is CNc1cc(-c2ccc(C)nc2)cc(C(=O)NCc2cnoc2)c1C. The molecule has 0 aliphatic carbocycles. The predicted octanol–water partition coefficient (Wildman–Crippen LogP) is 3.33. The highest BCUT2D eigenvalue weighted by molar-refractivity contribution is 5.98. The maximum atomic E-state index is 12.7. The lowest BCUT2D eigenvalue weighted by molar-refractivity contribution is 0.0950. The zero-order valence-corrected chi connectivity index (χ0v) is 14.5. The number of amides is 1. The van der Waals surface area contributed by atoms with Crippen molar-refractivity contribution in [1.29, 1.82) is 0 Å². The van der Waals surface area contributed by atoms with Gasteiger partial charge in [0.25, 0.3) is 5.91 Å². The summed E-state index contributed by atoms with van der Waals surface area (Å²) in [6.45, 7) is 4.24. The number of pyridine rings is 1. The van der Waals surface area contributed by atoms with Gasteiger partial charge in [0.15, 0.2) is 0 Å². The van der Waals surface area contributed by atoms with Crippen LogP contribution in [0.5, 0.6) is 0 Å². The van der Waals surface area contributed by atoms with E-state index in [0.29, 0.717) is 12.1 Å². The maximum absolute atomic E-state index is 12.7. The quantitative estimate of drug-likeness (QED) is 0.747. The van der Waals surface area contributed by atoms with Crippen molar-refractivity contribution in [3.8, 4) is 11.1 Å². The van der Waals surface area contributed by atoms with Crippen LogP contribution in [0.25, 0.3) is 11.1 Å². The van der Waals surface area contributed by atoms with Gasteiger partial charge in [-0.2, -0.15) is 0 Å². The van der Waals surface area contributed by atoms with Gasteiger partial charge in [-0.1, -0.05) is 11.2 Å². The molecular weight excluding hydrogens is 316 g/mol. The van der Waals surface area contributed by atoms with Crippen LogP contribution in [0.15, 0.2) is 47.4 Å². The topological polar surface area (TPSA) is 80.0 Å². The lowest BCUT2D eigenvalue weighted by atomic mass is 9.98. The summed E-state index contributed by atoms with van der Waals surface area (Å²) in [5, 5.41) is 9.69. The smallest absolute Gasteiger partial charge is 0.251 e. The van der Waals surface area contributed by atoms with E-state index < -0.39 is 0 Å². The molecule has 6 nitrogen and oxygen atoms in total. The fourth-order valence-electron chi connectivity index (χ4n) is 2.61. The number of carbonyl (C=O) groups is 1. The number of rotatable bonds is 5. The molecule has 25 heavy (non-hydrogen) atoms. The summed E-state index contributed by atoms with van der Waals surface area (Å²) >= 11 is 0. The second kappa shape index (κ2) is 7.17. The van der Waals surface area contributed by atoms with E-state index in [9.17, 15) is 4.79 Å².